The predicted molar refractivity (Wildman–Crippen MR) is 80.6 cm³/mol. The van der Waals surface area contributed by atoms with Gasteiger partial charge in [0.15, 0.2) is 0 Å². The zero-order valence-electron chi connectivity index (χ0n) is 11.3. The summed E-state index contributed by atoms with van der Waals surface area (Å²) < 4.78 is 2.09. The summed E-state index contributed by atoms with van der Waals surface area (Å²) in [4.78, 5) is 12.0. The second-order valence-electron chi connectivity index (χ2n) is 4.91. The van der Waals surface area contributed by atoms with Crippen molar-refractivity contribution in [3.8, 4) is 0 Å². The highest BCUT2D eigenvalue weighted by molar-refractivity contribution is 9.10. The number of aryl methyl sites for hydroxylation is 1. The van der Waals surface area contributed by atoms with Gasteiger partial charge in [0.05, 0.1) is 11.9 Å². The summed E-state index contributed by atoms with van der Waals surface area (Å²) in [6.45, 7) is 4.49. The summed E-state index contributed by atoms with van der Waals surface area (Å²) in [7, 11) is 0. The van der Waals surface area contributed by atoms with Gasteiger partial charge < -0.3 is 10.6 Å². The van der Waals surface area contributed by atoms with Gasteiger partial charge in [0.2, 0.25) is 0 Å². The van der Waals surface area contributed by atoms with Gasteiger partial charge in [-0.05, 0) is 35.2 Å². The van der Waals surface area contributed by atoms with Crippen LogP contribution in [-0.2, 0) is 6.54 Å². The van der Waals surface area contributed by atoms with Crippen LogP contribution < -0.4 is 16.2 Å². The van der Waals surface area contributed by atoms with Crippen molar-refractivity contribution in [2.75, 3.05) is 18.4 Å². The van der Waals surface area contributed by atoms with Gasteiger partial charge in [0.1, 0.15) is 4.47 Å². The van der Waals surface area contributed by atoms with E-state index >= 15 is 0 Å². The molecule has 0 radical (unpaired) electrons. The van der Waals surface area contributed by atoms with Crippen molar-refractivity contribution < 1.29 is 0 Å². The first kappa shape index (κ1) is 14.5. The number of aromatic nitrogens is 2. The largest absolute Gasteiger partial charge is 0.381 e. The minimum Gasteiger partial charge on any atom is -0.381 e. The third-order valence-corrected chi connectivity index (χ3v) is 3.93. The number of anilines is 1. The summed E-state index contributed by atoms with van der Waals surface area (Å²) in [6, 6.07) is 0.713. The molecule has 1 saturated carbocycles. The van der Waals surface area contributed by atoms with Gasteiger partial charge in [-0.15, -0.1) is 0 Å². The summed E-state index contributed by atoms with van der Waals surface area (Å²) >= 11 is 3.36. The van der Waals surface area contributed by atoms with Crippen molar-refractivity contribution in [2.24, 2.45) is 0 Å². The maximum atomic E-state index is 12.0. The fraction of sp³-hybridized carbons (Fsp3) is 0.692. The Bertz CT molecular complexity index is 470. The van der Waals surface area contributed by atoms with E-state index in [1.807, 2.05) is 0 Å². The third kappa shape index (κ3) is 4.31. The maximum Gasteiger partial charge on any atom is 0.283 e. The number of hydrogen-bond donors (Lipinski definition) is 2. The summed E-state index contributed by atoms with van der Waals surface area (Å²) in [5, 5.41) is 10.8. The molecule has 0 aromatic carbocycles. The van der Waals surface area contributed by atoms with Gasteiger partial charge in [-0.1, -0.05) is 13.3 Å². The van der Waals surface area contributed by atoms with Crippen LogP contribution in [0.15, 0.2) is 15.5 Å². The number of nitrogens with one attached hydrogen (secondary N) is 2. The molecule has 19 heavy (non-hydrogen) atoms. The zero-order chi connectivity index (χ0) is 13.7. The molecule has 6 heteroatoms. The van der Waals surface area contributed by atoms with Crippen molar-refractivity contribution in [3.63, 3.8) is 0 Å². The molecule has 1 aliphatic rings. The number of unbranched alkanes of at least 4 members (excludes halogenated alkanes) is 1. The smallest absolute Gasteiger partial charge is 0.283 e. The quantitative estimate of drug-likeness (QED) is 0.716. The maximum absolute atomic E-state index is 12.0. The monoisotopic (exact) mass is 328 g/mol. The number of rotatable bonds is 8. The molecule has 1 aromatic heterocycles. The van der Waals surface area contributed by atoms with Crippen LogP contribution in [0.1, 0.15) is 32.6 Å². The minimum absolute atomic E-state index is 0.0615. The number of nitrogens with zero attached hydrogens (tertiary/aromatic N) is 2. The first-order valence-electron chi connectivity index (χ1n) is 6.95. The summed E-state index contributed by atoms with van der Waals surface area (Å²) in [5.74, 6) is 0. The molecule has 0 saturated heterocycles. The van der Waals surface area contributed by atoms with Crippen molar-refractivity contribution in [2.45, 2.75) is 45.2 Å². The second kappa shape index (κ2) is 7.05. The molecule has 1 aromatic rings. The SMILES string of the molecule is CCCCn1ncc(NCCNC2CC2)c(Br)c1=O. The lowest BCUT2D eigenvalue weighted by atomic mass is 10.3. The predicted octanol–water partition coefficient (Wildman–Crippen LogP) is 1.97. The van der Waals surface area contributed by atoms with E-state index in [2.05, 4.69) is 38.6 Å². The van der Waals surface area contributed by atoms with Gasteiger partial charge in [-0.25, -0.2) is 4.68 Å². The highest BCUT2D eigenvalue weighted by atomic mass is 79.9. The van der Waals surface area contributed by atoms with Crippen LogP contribution in [0.4, 0.5) is 5.69 Å². The minimum atomic E-state index is -0.0615. The Kier molecular flexibility index (Phi) is 5.39. The summed E-state index contributed by atoms with van der Waals surface area (Å²) in [5.41, 5.74) is 0.712. The third-order valence-electron chi connectivity index (χ3n) is 3.16. The van der Waals surface area contributed by atoms with Crippen molar-refractivity contribution >= 4 is 21.6 Å². The summed E-state index contributed by atoms with van der Waals surface area (Å²) in [6.07, 6.45) is 6.33. The average Bonchev–Trinajstić information content (AvgIpc) is 3.22. The Hall–Kier alpha value is -0.880. The lowest BCUT2D eigenvalue weighted by Gasteiger charge is -2.10. The number of halogens is 1. The Balaban J connectivity index is 1.89. The topological polar surface area (TPSA) is 59.0 Å². The Morgan fingerprint density at radius 1 is 1.47 bits per heavy atom. The lowest BCUT2D eigenvalue weighted by molar-refractivity contribution is 0.541. The van der Waals surface area contributed by atoms with E-state index in [1.165, 1.54) is 17.5 Å². The molecular formula is C13H21BrN4O. The van der Waals surface area contributed by atoms with Crippen LogP contribution in [0.25, 0.3) is 0 Å². The van der Waals surface area contributed by atoms with Gasteiger partial charge in [-0.3, -0.25) is 4.79 Å². The van der Waals surface area contributed by atoms with E-state index < -0.39 is 0 Å². The van der Waals surface area contributed by atoms with Crippen LogP contribution in [0.2, 0.25) is 0 Å². The van der Waals surface area contributed by atoms with E-state index in [0.29, 0.717) is 17.1 Å². The van der Waals surface area contributed by atoms with Crippen LogP contribution in [0.3, 0.4) is 0 Å². The second-order valence-corrected chi connectivity index (χ2v) is 5.70. The molecule has 0 bridgehead atoms. The van der Waals surface area contributed by atoms with Gasteiger partial charge in [-0.2, -0.15) is 5.10 Å². The van der Waals surface area contributed by atoms with Gasteiger partial charge in [0.25, 0.3) is 5.56 Å². The van der Waals surface area contributed by atoms with E-state index in [0.717, 1.165) is 31.6 Å². The number of hydrogen-bond acceptors (Lipinski definition) is 4. The highest BCUT2D eigenvalue weighted by Crippen LogP contribution is 2.18. The van der Waals surface area contributed by atoms with Crippen LogP contribution >= 0.6 is 15.9 Å². The molecule has 2 rings (SSSR count). The Morgan fingerprint density at radius 2 is 2.26 bits per heavy atom. The molecule has 0 spiro atoms. The van der Waals surface area contributed by atoms with E-state index in [9.17, 15) is 4.79 Å². The van der Waals surface area contributed by atoms with E-state index in [4.69, 9.17) is 0 Å². The Labute approximate surface area is 121 Å². The van der Waals surface area contributed by atoms with Gasteiger partial charge in [0, 0.05) is 25.7 Å². The molecule has 0 aliphatic heterocycles. The van der Waals surface area contributed by atoms with E-state index in [1.54, 1.807) is 6.20 Å². The zero-order valence-corrected chi connectivity index (χ0v) is 12.9. The molecule has 1 fully saturated rings. The van der Waals surface area contributed by atoms with Crippen molar-refractivity contribution in [3.05, 3.63) is 21.0 Å². The Morgan fingerprint density at radius 3 is 2.95 bits per heavy atom. The molecule has 0 atom stereocenters. The molecule has 0 amide bonds. The molecular weight excluding hydrogens is 308 g/mol. The lowest BCUT2D eigenvalue weighted by Crippen LogP contribution is -2.27. The van der Waals surface area contributed by atoms with Crippen LogP contribution in [0.5, 0.6) is 0 Å². The molecule has 106 valence electrons. The molecule has 2 N–H and O–H groups in total. The first-order valence-corrected chi connectivity index (χ1v) is 7.74. The fourth-order valence-electron chi connectivity index (χ4n) is 1.82. The first-order chi connectivity index (χ1) is 9.22. The molecule has 1 heterocycles. The van der Waals surface area contributed by atoms with Gasteiger partial charge >= 0.3 is 0 Å². The van der Waals surface area contributed by atoms with Crippen LogP contribution in [-0.4, -0.2) is 28.9 Å². The average molecular weight is 329 g/mol. The molecule has 5 nitrogen and oxygen atoms in total. The van der Waals surface area contributed by atoms with Crippen LogP contribution in [0, 0.1) is 0 Å². The normalized spacial score (nSPS) is 14.6. The molecule has 1 aliphatic carbocycles. The molecule has 0 unspecified atom stereocenters. The van der Waals surface area contributed by atoms with Crippen molar-refractivity contribution in [1.29, 1.82) is 0 Å². The van der Waals surface area contributed by atoms with Crippen molar-refractivity contribution in [1.82, 2.24) is 15.1 Å². The fourth-order valence-corrected chi connectivity index (χ4v) is 2.26. The van der Waals surface area contributed by atoms with E-state index in [-0.39, 0.29) is 5.56 Å². The highest BCUT2D eigenvalue weighted by Gasteiger charge is 2.19. The standard InChI is InChI=1S/C13H21BrN4O/c1-2-3-8-18-13(19)12(14)11(9-17-18)16-7-6-15-10-4-5-10/h9-10,15-16H,2-8H2,1H3.